The van der Waals surface area contributed by atoms with Gasteiger partial charge in [-0.1, -0.05) is 30.3 Å². The molecule has 0 aliphatic rings. The van der Waals surface area contributed by atoms with Crippen LogP contribution in [0.3, 0.4) is 0 Å². The van der Waals surface area contributed by atoms with E-state index in [1.165, 1.54) is 42.5 Å². The van der Waals surface area contributed by atoms with Gasteiger partial charge in [-0.2, -0.15) is 45.7 Å². The molecule has 0 spiro atoms. The number of fused-ring (bicyclic) bond motifs is 2. The highest BCUT2D eigenvalue weighted by Crippen LogP contribution is 2.47. The minimum absolute atomic E-state index is 0.0105. The third-order valence-electron chi connectivity index (χ3n) is 10.0. The standard InChI is InChI=1S/C44H32N10O12S3/c45-35-21-36(46)38(22-37(35)51-50-30-10-5-25-15-33(68(61,62)63)20-40(56)34(25)18-30)52-53-39-19-32(67(58,59)60)16-26-17-41(69(64,65)66)43(44(57)42(26)39)54-49-28-8-3-24(4-9-28)23-1-6-27(7-2-23)47-48-29-11-13-31(55)14-12-29/h1-22,55-57H,45-46H2,(H,58,59,60)(H,61,62,63)(H,64,65,66). The molecule has 69 heavy (non-hydrogen) atoms. The van der Waals surface area contributed by atoms with E-state index in [0.29, 0.717) is 11.4 Å². The van der Waals surface area contributed by atoms with Crippen molar-refractivity contribution in [3.8, 4) is 28.4 Å². The highest BCUT2D eigenvalue weighted by Gasteiger charge is 2.26. The van der Waals surface area contributed by atoms with Gasteiger partial charge in [0, 0.05) is 11.5 Å². The first-order chi connectivity index (χ1) is 32.6. The molecule has 0 atom stereocenters. The van der Waals surface area contributed by atoms with E-state index in [1.54, 1.807) is 60.7 Å². The number of nitrogens with zero attached hydrogens (tertiary/aromatic N) is 8. The highest BCUT2D eigenvalue weighted by molar-refractivity contribution is 7.86. The van der Waals surface area contributed by atoms with E-state index >= 15 is 0 Å². The number of phenols is 3. The molecule has 348 valence electrons. The third-order valence-corrected chi connectivity index (χ3v) is 12.6. The molecule has 22 nitrogen and oxygen atoms in total. The fourth-order valence-electron chi connectivity index (χ4n) is 6.66. The summed E-state index contributed by atoms with van der Waals surface area (Å²) >= 11 is 0. The van der Waals surface area contributed by atoms with Crippen LogP contribution in [0.1, 0.15) is 0 Å². The van der Waals surface area contributed by atoms with E-state index < -0.39 is 67.9 Å². The normalized spacial score (nSPS) is 12.7. The largest absolute Gasteiger partial charge is 0.508 e. The van der Waals surface area contributed by atoms with Crippen molar-refractivity contribution in [1.29, 1.82) is 0 Å². The van der Waals surface area contributed by atoms with E-state index in [1.807, 2.05) is 0 Å². The number of benzene rings is 8. The first-order valence-electron chi connectivity index (χ1n) is 19.5. The molecule has 0 saturated carbocycles. The summed E-state index contributed by atoms with van der Waals surface area (Å²) in [6.45, 7) is 0. The van der Waals surface area contributed by atoms with E-state index in [9.17, 15) is 54.2 Å². The number of nitrogen functional groups attached to an aromatic ring is 2. The maximum atomic E-state index is 12.7. The molecule has 0 aromatic heterocycles. The van der Waals surface area contributed by atoms with Crippen LogP contribution in [0.2, 0.25) is 0 Å². The van der Waals surface area contributed by atoms with Crippen LogP contribution < -0.4 is 11.5 Å². The maximum Gasteiger partial charge on any atom is 0.296 e. The molecule has 0 aliphatic carbocycles. The lowest BCUT2D eigenvalue weighted by atomic mass is 10.1. The number of anilines is 2. The zero-order valence-corrected chi connectivity index (χ0v) is 37.2. The lowest BCUT2D eigenvalue weighted by molar-refractivity contribution is 0.470. The number of hydrogen-bond donors (Lipinski definition) is 8. The monoisotopic (exact) mass is 988 g/mol. The zero-order chi connectivity index (χ0) is 49.4. The molecule has 8 rings (SSSR count). The number of azo groups is 4. The summed E-state index contributed by atoms with van der Waals surface area (Å²) < 4.78 is 103. The van der Waals surface area contributed by atoms with Crippen molar-refractivity contribution in [2.45, 2.75) is 14.7 Å². The molecule has 0 unspecified atom stereocenters. The van der Waals surface area contributed by atoms with E-state index in [2.05, 4.69) is 40.9 Å². The number of nitrogens with two attached hydrogens (primary N) is 2. The highest BCUT2D eigenvalue weighted by atomic mass is 32.2. The van der Waals surface area contributed by atoms with Crippen molar-refractivity contribution in [3.05, 3.63) is 133 Å². The predicted octanol–water partition coefficient (Wildman–Crippen LogP) is 11.3. The molecule has 25 heteroatoms. The molecular weight excluding hydrogens is 957 g/mol. The van der Waals surface area contributed by atoms with Crippen molar-refractivity contribution in [2.24, 2.45) is 40.9 Å². The van der Waals surface area contributed by atoms with Crippen molar-refractivity contribution >= 4 is 109 Å². The summed E-state index contributed by atoms with van der Waals surface area (Å²) in [5.74, 6) is -1.30. The minimum atomic E-state index is -5.19. The number of hydrogen-bond acceptors (Lipinski definition) is 19. The molecule has 0 saturated heterocycles. The van der Waals surface area contributed by atoms with Crippen LogP contribution in [0.25, 0.3) is 32.7 Å². The summed E-state index contributed by atoms with van der Waals surface area (Å²) in [6.07, 6.45) is 0. The van der Waals surface area contributed by atoms with Gasteiger partial charge in [0.1, 0.15) is 33.5 Å². The fraction of sp³-hybridized carbons (Fsp3) is 0. The Morgan fingerprint density at radius 2 is 0.870 bits per heavy atom. The minimum Gasteiger partial charge on any atom is -0.508 e. The second-order valence-corrected chi connectivity index (χ2v) is 19.0. The lowest BCUT2D eigenvalue weighted by Crippen LogP contribution is -2.01. The van der Waals surface area contributed by atoms with Gasteiger partial charge >= 0.3 is 0 Å². The fourth-order valence-corrected chi connectivity index (χ4v) is 8.39. The topological polar surface area (TPSA) is 375 Å². The Hall–Kier alpha value is -8.59. The average molecular weight is 989 g/mol. The Morgan fingerprint density at radius 3 is 1.42 bits per heavy atom. The van der Waals surface area contributed by atoms with Crippen LogP contribution >= 0.6 is 0 Å². The van der Waals surface area contributed by atoms with E-state index in [-0.39, 0.29) is 61.4 Å². The number of aromatic hydroxyl groups is 3. The second kappa shape index (κ2) is 18.2. The third kappa shape index (κ3) is 10.5. The van der Waals surface area contributed by atoms with Crippen LogP contribution in [0, 0.1) is 0 Å². The Bertz CT molecular complexity index is 3850. The molecule has 0 fully saturated rings. The van der Waals surface area contributed by atoms with Gasteiger partial charge < -0.3 is 26.8 Å². The molecule has 8 aromatic rings. The van der Waals surface area contributed by atoms with Crippen molar-refractivity contribution in [1.82, 2.24) is 0 Å². The molecular formula is C44H32N10O12S3. The van der Waals surface area contributed by atoms with Gasteiger partial charge in [-0.25, -0.2) is 0 Å². The SMILES string of the molecule is Nc1cc(N)c(N=Nc2cc(S(=O)(=O)O)cc3cc(S(=O)(=O)O)c(N=Nc4ccc(-c5ccc(N=Nc6ccc(O)cc6)cc5)cc4)c(O)c23)cc1N=Nc1ccc2cc(S(=O)(=O)O)cc(O)c2c1. The summed E-state index contributed by atoms with van der Waals surface area (Å²) in [5.41, 5.74) is 13.9. The van der Waals surface area contributed by atoms with Crippen molar-refractivity contribution < 1.29 is 54.2 Å². The van der Waals surface area contributed by atoms with Crippen LogP contribution in [-0.4, -0.2) is 54.2 Å². The molecule has 0 amide bonds. The molecule has 0 heterocycles. The van der Waals surface area contributed by atoms with Gasteiger partial charge in [-0.15, -0.1) is 20.5 Å². The quantitative estimate of drug-likeness (QED) is 0.0320. The number of phenolic OH excluding ortho intramolecular Hbond substituents is 3. The average Bonchev–Trinajstić information content (AvgIpc) is 3.29. The first-order valence-corrected chi connectivity index (χ1v) is 23.8. The van der Waals surface area contributed by atoms with Crippen LogP contribution in [0.15, 0.2) is 189 Å². The van der Waals surface area contributed by atoms with Gasteiger partial charge in [0.15, 0.2) is 5.75 Å². The van der Waals surface area contributed by atoms with Crippen LogP contribution in [-0.2, 0) is 30.4 Å². The maximum absolute atomic E-state index is 12.7. The summed E-state index contributed by atoms with van der Waals surface area (Å²) in [5, 5.41) is 64.0. The predicted molar refractivity (Wildman–Crippen MR) is 253 cm³/mol. The van der Waals surface area contributed by atoms with Gasteiger partial charge in [-0.3, -0.25) is 13.7 Å². The van der Waals surface area contributed by atoms with Crippen LogP contribution in [0.4, 0.5) is 56.9 Å². The first kappa shape index (κ1) is 46.9. The Balaban J connectivity index is 1.11. The van der Waals surface area contributed by atoms with E-state index in [4.69, 9.17) is 11.5 Å². The lowest BCUT2D eigenvalue weighted by Gasteiger charge is -2.12. The molecule has 10 N–H and O–H groups in total. The van der Waals surface area contributed by atoms with Gasteiger partial charge in [0.2, 0.25) is 0 Å². The molecule has 0 aliphatic heterocycles. The summed E-state index contributed by atoms with van der Waals surface area (Å²) in [4.78, 5) is -2.30. The van der Waals surface area contributed by atoms with Gasteiger partial charge in [0.25, 0.3) is 30.4 Å². The molecule has 0 bridgehead atoms. The van der Waals surface area contributed by atoms with Gasteiger partial charge in [0.05, 0.1) is 55.0 Å². The Morgan fingerprint density at radius 1 is 0.406 bits per heavy atom. The van der Waals surface area contributed by atoms with Crippen molar-refractivity contribution in [2.75, 3.05) is 11.5 Å². The molecule has 0 radical (unpaired) electrons. The van der Waals surface area contributed by atoms with Gasteiger partial charge in [-0.05, 0) is 119 Å². The smallest absolute Gasteiger partial charge is 0.296 e. The molecule has 8 aromatic carbocycles. The summed E-state index contributed by atoms with van der Waals surface area (Å²) in [6, 6.07) is 31.0. The summed E-state index contributed by atoms with van der Waals surface area (Å²) in [7, 11) is -14.8. The Kier molecular flexibility index (Phi) is 12.4. The Labute approximate surface area is 390 Å². The van der Waals surface area contributed by atoms with Crippen molar-refractivity contribution in [3.63, 3.8) is 0 Å². The second-order valence-electron chi connectivity index (χ2n) is 14.8. The zero-order valence-electron chi connectivity index (χ0n) is 34.8. The van der Waals surface area contributed by atoms with E-state index in [0.717, 1.165) is 41.5 Å². The van der Waals surface area contributed by atoms with Crippen LogP contribution in [0.5, 0.6) is 17.2 Å². The number of rotatable bonds is 12.